The molecule has 0 atom stereocenters. The molecule has 0 bridgehead atoms. The molecule has 3 aromatic rings. The molecule has 0 aliphatic carbocycles. The van der Waals surface area contributed by atoms with Gasteiger partial charge in [-0.1, -0.05) is 25.4 Å². The Bertz CT molecular complexity index is 921. The number of rotatable bonds is 3. The van der Waals surface area contributed by atoms with E-state index in [1.165, 1.54) is 0 Å². The van der Waals surface area contributed by atoms with E-state index in [-0.39, 0.29) is 11.6 Å². The maximum atomic E-state index is 13.9. The molecular formula is C20H19ClFNO. The van der Waals surface area contributed by atoms with Gasteiger partial charge in [0.2, 0.25) is 0 Å². The predicted molar refractivity (Wildman–Crippen MR) is 97.1 cm³/mol. The van der Waals surface area contributed by atoms with Crippen molar-refractivity contribution in [3.05, 3.63) is 58.6 Å². The van der Waals surface area contributed by atoms with Gasteiger partial charge in [-0.05, 0) is 71.7 Å². The van der Waals surface area contributed by atoms with Gasteiger partial charge in [-0.3, -0.25) is 0 Å². The first-order chi connectivity index (χ1) is 11.4. The standard InChI is InChI=1S/C20H19ClFNO/c1-11(2)6-13-8-14(22)7-12(3)19(13)18-10-23-20(21)17-9-15(24)4-5-16(17)18/h4-5,7-11,24H,6H2,1-3H3. The van der Waals surface area contributed by atoms with Gasteiger partial charge in [0.05, 0.1) is 0 Å². The minimum atomic E-state index is -0.226. The molecule has 0 aliphatic rings. The number of pyridine rings is 1. The smallest absolute Gasteiger partial charge is 0.137 e. The van der Waals surface area contributed by atoms with E-state index < -0.39 is 0 Å². The van der Waals surface area contributed by atoms with Gasteiger partial charge in [0.1, 0.15) is 16.7 Å². The van der Waals surface area contributed by atoms with Crippen LogP contribution in [0.2, 0.25) is 5.15 Å². The number of nitrogens with zero attached hydrogens (tertiary/aromatic N) is 1. The summed E-state index contributed by atoms with van der Waals surface area (Å²) >= 11 is 6.20. The second-order valence-corrected chi connectivity index (χ2v) is 6.91. The lowest BCUT2D eigenvalue weighted by atomic mass is 9.89. The first-order valence-corrected chi connectivity index (χ1v) is 8.31. The van der Waals surface area contributed by atoms with E-state index in [1.54, 1.807) is 30.5 Å². The summed E-state index contributed by atoms with van der Waals surface area (Å²) in [6.07, 6.45) is 2.50. The number of aryl methyl sites for hydroxylation is 1. The van der Waals surface area contributed by atoms with Gasteiger partial charge in [-0.2, -0.15) is 0 Å². The number of halogens is 2. The average Bonchev–Trinajstić information content (AvgIpc) is 2.48. The number of aromatic hydroxyl groups is 1. The molecule has 4 heteroatoms. The van der Waals surface area contributed by atoms with Crippen molar-refractivity contribution in [2.75, 3.05) is 0 Å². The number of fused-ring (bicyclic) bond motifs is 1. The largest absolute Gasteiger partial charge is 0.508 e. The molecule has 124 valence electrons. The van der Waals surface area contributed by atoms with Gasteiger partial charge in [-0.15, -0.1) is 0 Å². The van der Waals surface area contributed by atoms with Crippen molar-refractivity contribution < 1.29 is 9.50 Å². The normalized spacial score (nSPS) is 11.4. The van der Waals surface area contributed by atoms with Gasteiger partial charge in [0, 0.05) is 17.1 Å². The first-order valence-electron chi connectivity index (χ1n) is 7.93. The SMILES string of the molecule is Cc1cc(F)cc(CC(C)C)c1-c1cnc(Cl)c2cc(O)ccc12. The topological polar surface area (TPSA) is 33.1 Å². The van der Waals surface area contributed by atoms with Gasteiger partial charge >= 0.3 is 0 Å². The zero-order chi connectivity index (χ0) is 17.4. The van der Waals surface area contributed by atoms with Crippen LogP contribution in [0.4, 0.5) is 4.39 Å². The van der Waals surface area contributed by atoms with Crippen LogP contribution in [-0.2, 0) is 6.42 Å². The molecule has 0 saturated heterocycles. The van der Waals surface area contributed by atoms with E-state index in [4.69, 9.17) is 11.6 Å². The lowest BCUT2D eigenvalue weighted by molar-refractivity contribution is 0.476. The van der Waals surface area contributed by atoms with Crippen LogP contribution < -0.4 is 0 Å². The highest BCUT2D eigenvalue weighted by atomic mass is 35.5. The molecule has 2 nitrogen and oxygen atoms in total. The van der Waals surface area contributed by atoms with Gasteiger partial charge in [0.25, 0.3) is 0 Å². The van der Waals surface area contributed by atoms with Crippen molar-refractivity contribution in [2.45, 2.75) is 27.2 Å². The summed E-state index contributed by atoms with van der Waals surface area (Å²) in [5, 5.41) is 11.7. The molecule has 3 rings (SSSR count). The summed E-state index contributed by atoms with van der Waals surface area (Å²) in [5.41, 5.74) is 3.72. The molecule has 0 unspecified atom stereocenters. The molecule has 0 saturated carbocycles. The van der Waals surface area contributed by atoms with Crippen molar-refractivity contribution in [1.82, 2.24) is 4.98 Å². The van der Waals surface area contributed by atoms with Crippen LogP contribution in [0, 0.1) is 18.7 Å². The Balaban J connectivity index is 2.34. The fourth-order valence-corrected chi connectivity index (χ4v) is 3.40. The fourth-order valence-electron chi connectivity index (χ4n) is 3.20. The summed E-state index contributed by atoms with van der Waals surface area (Å²) in [5.74, 6) is 0.317. The van der Waals surface area contributed by atoms with Crippen LogP contribution in [0.1, 0.15) is 25.0 Å². The molecule has 24 heavy (non-hydrogen) atoms. The first kappa shape index (κ1) is 16.7. The molecule has 0 fully saturated rings. The Morgan fingerprint density at radius 3 is 2.62 bits per heavy atom. The van der Waals surface area contributed by atoms with E-state index in [0.717, 1.165) is 34.1 Å². The van der Waals surface area contributed by atoms with Crippen LogP contribution in [0.3, 0.4) is 0 Å². The quantitative estimate of drug-likeness (QED) is 0.600. The van der Waals surface area contributed by atoms with Crippen molar-refractivity contribution in [3.63, 3.8) is 0 Å². The van der Waals surface area contributed by atoms with Gasteiger partial charge < -0.3 is 5.11 Å². The third-order valence-electron chi connectivity index (χ3n) is 4.10. The molecule has 0 amide bonds. The van der Waals surface area contributed by atoms with E-state index in [9.17, 15) is 9.50 Å². The Labute approximate surface area is 145 Å². The van der Waals surface area contributed by atoms with E-state index in [1.807, 2.05) is 13.0 Å². The lowest BCUT2D eigenvalue weighted by Gasteiger charge is -2.17. The number of phenolic OH excluding ortho intramolecular Hbond substituents is 1. The molecule has 2 aromatic carbocycles. The predicted octanol–water partition coefficient (Wildman–Crippen LogP) is 5.91. The van der Waals surface area contributed by atoms with Crippen LogP contribution in [0.15, 0.2) is 36.5 Å². The maximum absolute atomic E-state index is 13.9. The third kappa shape index (κ3) is 3.09. The molecule has 1 N–H and O–H groups in total. The second kappa shape index (κ2) is 6.40. The average molecular weight is 344 g/mol. The number of phenols is 1. The van der Waals surface area contributed by atoms with Gasteiger partial charge in [-0.25, -0.2) is 9.37 Å². The number of hydrogen-bond donors (Lipinski definition) is 1. The summed E-state index contributed by atoms with van der Waals surface area (Å²) in [6.45, 7) is 6.13. The number of aromatic nitrogens is 1. The highest BCUT2D eigenvalue weighted by Gasteiger charge is 2.16. The van der Waals surface area contributed by atoms with E-state index >= 15 is 0 Å². The van der Waals surface area contributed by atoms with Crippen molar-refractivity contribution >= 4 is 22.4 Å². The van der Waals surface area contributed by atoms with Crippen LogP contribution in [0.5, 0.6) is 5.75 Å². The minimum absolute atomic E-state index is 0.140. The highest BCUT2D eigenvalue weighted by molar-refractivity contribution is 6.34. The summed E-state index contributed by atoms with van der Waals surface area (Å²) in [6, 6.07) is 8.21. The molecule has 0 spiro atoms. The number of benzene rings is 2. The number of hydrogen-bond acceptors (Lipinski definition) is 2. The van der Waals surface area contributed by atoms with Gasteiger partial charge in [0.15, 0.2) is 0 Å². The molecule has 1 aromatic heterocycles. The van der Waals surface area contributed by atoms with Crippen LogP contribution in [0.25, 0.3) is 21.9 Å². The Kier molecular flexibility index (Phi) is 4.46. The minimum Gasteiger partial charge on any atom is -0.508 e. The Morgan fingerprint density at radius 1 is 1.17 bits per heavy atom. The van der Waals surface area contributed by atoms with Crippen molar-refractivity contribution in [2.24, 2.45) is 5.92 Å². The fraction of sp³-hybridized carbons (Fsp3) is 0.250. The maximum Gasteiger partial charge on any atom is 0.137 e. The molecule has 0 aliphatic heterocycles. The van der Waals surface area contributed by atoms with Crippen LogP contribution >= 0.6 is 11.6 Å². The summed E-state index contributed by atoms with van der Waals surface area (Å²) in [4.78, 5) is 4.27. The molecule has 1 heterocycles. The summed E-state index contributed by atoms with van der Waals surface area (Å²) in [7, 11) is 0. The van der Waals surface area contributed by atoms with E-state index in [2.05, 4.69) is 18.8 Å². The Morgan fingerprint density at radius 2 is 1.92 bits per heavy atom. The van der Waals surface area contributed by atoms with E-state index in [0.29, 0.717) is 16.5 Å². The monoisotopic (exact) mass is 343 g/mol. The zero-order valence-corrected chi connectivity index (χ0v) is 14.7. The van der Waals surface area contributed by atoms with Crippen LogP contribution in [-0.4, -0.2) is 10.1 Å². The Hall–Kier alpha value is -2.13. The lowest BCUT2D eigenvalue weighted by Crippen LogP contribution is -2.01. The second-order valence-electron chi connectivity index (χ2n) is 6.55. The highest BCUT2D eigenvalue weighted by Crippen LogP contribution is 2.37. The van der Waals surface area contributed by atoms with Crippen molar-refractivity contribution in [1.29, 1.82) is 0 Å². The third-order valence-corrected chi connectivity index (χ3v) is 4.40. The molecule has 0 radical (unpaired) electrons. The molecular weight excluding hydrogens is 325 g/mol. The summed E-state index contributed by atoms with van der Waals surface area (Å²) < 4.78 is 13.9. The van der Waals surface area contributed by atoms with Crippen molar-refractivity contribution in [3.8, 4) is 16.9 Å². The zero-order valence-electron chi connectivity index (χ0n) is 13.9.